The molecule has 2 rings (SSSR count). The number of rotatable bonds is 2. The van der Waals surface area contributed by atoms with E-state index in [9.17, 15) is 13.2 Å². The molecule has 0 spiro atoms. The van der Waals surface area contributed by atoms with Crippen LogP contribution in [0.15, 0.2) is 30.3 Å². The predicted molar refractivity (Wildman–Crippen MR) is 59.1 cm³/mol. The van der Waals surface area contributed by atoms with Crippen molar-refractivity contribution in [1.29, 1.82) is 0 Å². The first-order chi connectivity index (χ1) is 8.39. The van der Waals surface area contributed by atoms with Gasteiger partial charge in [-0.3, -0.25) is 0 Å². The molecule has 0 atom stereocenters. The van der Waals surface area contributed by atoms with Crippen LogP contribution in [0, 0.1) is 0 Å². The van der Waals surface area contributed by atoms with Crippen molar-refractivity contribution in [2.45, 2.75) is 6.18 Å². The van der Waals surface area contributed by atoms with E-state index < -0.39 is 17.6 Å². The predicted octanol–water partition coefficient (Wildman–Crippen LogP) is 2.81. The molecule has 0 aliphatic rings. The van der Waals surface area contributed by atoms with Crippen LogP contribution in [0.5, 0.6) is 11.6 Å². The van der Waals surface area contributed by atoms with Crippen LogP contribution < -0.4 is 10.5 Å². The Morgan fingerprint density at radius 3 is 2.33 bits per heavy atom. The average Bonchev–Trinajstić information content (AvgIpc) is 2.58. The summed E-state index contributed by atoms with van der Waals surface area (Å²) in [6, 6.07) is 8.39. The molecule has 0 amide bonds. The standard InChI is InChI=1S/C11H10F3N3O/c1-17-10(18-7-5-3-2-4-6-7)8(15)9(16-17)11(12,13)14/h2-6H,15H2,1H3. The Morgan fingerprint density at radius 1 is 1.22 bits per heavy atom. The normalized spacial score (nSPS) is 11.6. The van der Waals surface area contributed by atoms with Crippen molar-refractivity contribution in [1.82, 2.24) is 9.78 Å². The van der Waals surface area contributed by atoms with E-state index in [1.807, 2.05) is 0 Å². The zero-order valence-corrected chi connectivity index (χ0v) is 9.40. The van der Waals surface area contributed by atoms with E-state index in [0.29, 0.717) is 5.75 Å². The van der Waals surface area contributed by atoms with Gasteiger partial charge in [-0.25, -0.2) is 4.68 Å². The minimum Gasteiger partial charge on any atom is -0.437 e. The van der Waals surface area contributed by atoms with Gasteiger partial charge in [0.15, 0.2) is 5.69 Å². The summed E-state index contributed by atoms with van der Waals surface area (Å²) in [6.45, 7) is 0. The summed E-state index contributed by atoms with van der Waals surface area (Å²) in [4.78, 5) is 0. The number of hydrogen-bond donors (Lipinski definition) is 1. The van der Waals surface area contributed by atoms with Gasteiger partial charge in [-0.05, 0) is 12.1 Å². The number of anilines is 1. The maximum Gasteiger partial charge on any atom is 0.437 e. The lowest BCUT2D eigenvalue weighted by molar-refractivity contribution is -0.140. The molecule has 0 aliphatic carbocycles. The lowest BCUT2D eigenvalue weighted by Gasteiger charge is -2.06. The van der Waals surface area contributed by atoms with Crippen molar-refractivity contribution >= 4 is 5.69 Å². The molecule has 0 radical (unpaired) electrons. The number of ether oxygens (including phenoxy) is 1. The number of nitrogens with two attached hydrogens (primary N) is 1. The Kier molecular flexibility index (Phi) is 2.90. The maximum absolute atomic E-state index is 12.6. The molecule has 2 N–H and O–H groups in total. The third-order valence-corrected chi connectivity index (χ3v) is 2.26. The summed E-state index contributed by atoms with van der Waals surface area (Å²) in [6.07, 6.45) is -4.60. The highest BCUT2D eigenvalue weighted by atomic mass is 19.4. The molecule has 0 unspecified atom stereocenters. The molecule has 2 aromatic rings. The highest BCUT2D eigenvalue weighted by Gasteiger charge is 2.38. The number of hydrogen-bond acceptors (Lipinski definition) is 3. The molecule has 0 saturated heterocycles. The SMILES string of the molecule is Cn1nc(C(F)(F)F)c(N)c1Oc1ccccc1. The van der Waals surface area contributed by atoms with E-state index in [2.05, 4.69) is 5.10 Å². The van der Waals surface area contributed by atoms with Crippen molar-refractivity contribution < 1.29 is 17.9 Å². The van der Waals surface area contributed by atoms with Crippen LogP contribution in [0.1, 0.15) is 5.69 Å². The summed E-state index contributed by atoms with van der Waals surface area (Å²) in [5.41, 5.74) is 3.75. The molecule has 7 heteroatoms. The number of aromatic nitrogens is 2. The first-order valence-corrected chi connectivity index (χ1v) is 5.02. The number of halogens is 3. The van der Waals surface area contributed by atoms with E-state index in [-0.39, 0.29) is 5.88 Å². The van der Waals surface area contributed by atoms with Gasteiger partial charge in [-0.1, -0.05) is 18.2 Å². The fourth-order valence-electron chi connectivity index (χ4n) is 1.46. The molecule has 0 aliphatic heterocycles. The van der Waals surface area contributed by atoms with Crippen LogP contribution in [-0.2, 0) is 13.2 Å². The first kappa shape index (κ1) is 12.3. The number of alkyl halides is 3. The number of nitrogens with zero attached hydrogens (tertiary/aromatic N) is 2. The highest BCUT2D eigenvalue weighted by molar-refractivity contribution is 5.55. The highest BCUT2D eigenvalue weighted by Crippen LogP contribution is 2.38. The minimum absolute atomic E-state index is 0.131. The number of aryl methyl sites for hydroxylation is 1. The van der Waals surface area contributed by atoms with Crippen LogP contribution in [0.3, 0.4) is 0 Å². The molecule has 1 aromatic carbocycles. The summed E-state index contributed by atoms with van der Waals surface area (Å²) >= 11 is 0. The zero-order chi connectivity index (χ0) is 13.3. The molecule has 0 saturated carbocycles. The van der Waals surface area contributed by atoms with E-state index in [1.54, 1.807) is 30.3 Å². The molecule has 4 nitrogen and oxygen atoms in total. The Labute approximate surface area is 101 Å². The fraction of sp³-hybridized carbons (Fsp3) is 0.182. The monoisotopic (exact) mass is 257 g/mol. The zero-order valence-electron chi connectivity index (χ0n) is 9.40. The lowest BCUT2D eigenvalue weighted by atomic mass is 10.3. The van der Waals surface area contributed by atoms with Gasteiger partial charge >= 0.3 is 6.18 Å². The maximum atomic E-state index is 12.6. The Bertz CT molecular complexity index is 549. The van der Waals surface area contributed by atoms with Crippen LogP contribution >= 0.6 is 0 Å². The van der Waals surface area contributed by atoms with Gasteiger partial charge < -0.3 is 10.5 Å². The third kappa shape index (κ3) is 2.24. The molecule has 0 fully saturated rings. The number of benzene rings is 1. The second-order valence-electron chi connectivity index (χ2n) is 3.60. The molecule has 96 valence electrons. The Hall–Kier alpha value is -2.18. The number of nitrogen functional groups attached to an aromatic ring is 1. The molecule has 1 heterocycles. The summed E-state index contributed by atoms with van der Waals surface area (Å²) in [5, 5.41) is 3.32. The van der Waals surface area contributed by atoms with Gasteiger partial charge in [0.2, 0.25) is 5.88 Å². The van der Waals surface area contributed by atoms with Gasteiger partial charge in [0.1, 0.15) is 11.4 Å². The van der Waals surface area contributed by atoms with Gasteiger partial charge in [-0.2, -0.15) is 18.3 Å². The molecular formula is C11H10F3N3O. The van der Waals surface area contributed by atoms with Crippen molar-refractivity contribution in [3.63, 3.8) is 0 Å². The number of para-hydroxylation sites is 1. The molecule has 1 aromatic heterocycles. The summed E-state index contributed by atoms with van der Waals surface area (Å²) in [5.74, 6) is 0.259. The van der Waals surface area contributed by atoms with Crippen LogP contribution in [0.25, 0.3) is 0 Å². The van der Waals surface area contributed by atoms with E-state index in [0.717, 1.165) is 4.68 Å². The van der Waals surface area contributed by atoms with E-state index >= 15 is 0 Å². The van der Waals surface area contributed by atoms with E-state index in [4.69, 9.17) is 10.5 Å². The van der Waals surface area contributed by atoms with Gasteiger partial charge in [0.25, 0.3) is 0 Å². The third-order valence-electron chi connectivity index (χ3n) is 2.26. The fourth-order valence-corrected chi connectivity index (χ4v) is 1.46. The van der Waals surface area contributed by atoms with Crippen molar-refractivity contribution in [2.75, 3.05) is 5.73 Å². The average molecular weight is 257 g/mol. The second-order valence-corrected chi connectivity index (χ2v) is 3.60. The largest absolute Gasteiger partial charge is 0.437 e. The van der Waals surface area contributed by atoms with Crippen molar-refractivity contribution in [3.8, 4) is 11.6 Å². The lowest BCUT2D eigenvalue weighted by Crippen LogP contribution is -2.09. The van der Waals surface area contributed by atoms with Crippen LogP contribution in [0.2, 0.25) is 0 Å². The second kappa shape index (κ2) is 4.25. The minimum atomic E-state index is -4.60. The first-order valence-electron chi connectivity index (χ1n) is 5.02. The summed E-state index contributed by atoms with van der Waals surface area (Å²) < 4.78 is 44.0. The van der Waals surface area contributed by atoms with E-state index in [1.165, 1.54) is 7.05 Å². The van der Waals surface area contributed by atoms with Crippen LogP contribution in [-0.4, -0.2) is 9.78 Å². The topological polar surface area (TPSA) is 53.1 Å². The van der Waals surface area contributed by atoms with Gasteiger partial charge in [0.05, 0.1) is 0 Å². The molecule has 0 bridgehead atoms. The smallest absolute Gasteiger partial charge is 0.437 e. The summed E-state index contributed by atoms with van der Waals surface area (Å²) in [7, 11) is 1.34. The molecular weight excluding hydrogens is 247 g/mol. The van der Waals surface area contributed by atoms with Gasteiger partial charge in [-0.15, -0.1) is 0 Å². The van der Waals surface area contributed by atoms with Crippen molar-refractivity contribution in [2.24, 2.45) is 7.05 Å². The van der Waals surface area contributed by atoms with Gasteiger partial charge in [0, 0.05) is 7.05 Å². The van der Waals surface area contributed by atoms with Crippen LogP contribution in [0.4, 0.5) is 18.9 Å². The molecule has 18 heavy (non-hydrogen) atoms. The Morgan fingerprint density at radius 2 is 1.83 bits per heavy atom. The van der Waals surface area contributed by atoms with Crippen molar-refractivity contribution in [3.05, 3.63) is 36.0 Å². The Balaban J connectivity index is 2.38. The quantitative estimate of drug-likeness (QED) is 0.900.